The zero-order chi connectivity index (χ0) is 16.7. The third kappa shape index (κ3) is 3.47. The van der Waals surface area contributed by atoms with E-state index in [0.717, 1.165) is 12.8 Å². The third-order valence-electron chi connectivity index (χ3n) is 4.54. The largest absolute Gasteiger partial charge is 0.146 e. The second-order valence-corrected chi connectivity index (χ2v) is 10.8. The van der Waals surface area contributed by atoms with E-state index in [0.29, 0.717) is 0 Å². The summed E-state index contributed by atoms with van der Waals surface area (Å²) in [5.41, 5.74) is 6.15. The normalized spacial score (nSPS) is 11.4. The van der Waals surface area contributed by atoms with E-state index in [1.165, 1.54) is 40.4 Å². The highest BCUT2D eigenvalue weighted by Crippen LogP contribution is 2.34. The van der Waals surface area contributed by atoms with E-state index in [4.69, 9.17) is 0 Å². The van der Waals surface area contributed by atoms with Gasteiger partial charge in [-0.1, -0.05) is 0 Å². The van der Waals surface area contributed by atoms with Crippen molar-refractivity contribution in [1.29, 1.82) is 0 Å². The molecule has 3 rings (SSSR count). The van der Waals surface area contributed by atoms with Gasteiger partial charge in [0.2, 0.25) is 0 Å². The number of rotatable bonds is 4. The minimum Gasteiger partial charge on any atom is -0.146 e. The summed E-state index contributed by atoms with van der Waals surface area (Å²) in [7, 11) is 0. The zero-order valence-electron chi connectivity index (χ0n) is 14.8. The Kier molecular flexibility index (Phi) is 4.82. The first kappa shape index (κ1) is 16.9. The summed E-state index contributed by atoms with van der Waals surface area (Å²) in [4.78, 5) is 8.77. The minimum absolute atomic E-state index is 1.09. The molecule has 23 heavy (non-hydrogen) atoms. The van der Waals surface area contributed by atoms with Crippen LogP contribution in [0.25, 0.3) is 0 Å². The molecule has 0 bridgehead atoms. The summed E-state index contributed by atoms with van der Waals surface area (Å²) < 4.78 is 0. The van der Waals surface area contributed by atoms with Gasteiger partial charge in [0, 0.05) is 29.3 Å². The van der Waals surface area contributed by atoms with E-state index in [-0.39, 0.29) is 0 Å². The lowest BCUT2D eigenvalue weighted by molar-refractivity contribution is 1.08. The lowest BCUT2D eigenvalue weighted by Gasteiger charge is -2.08. The molecule has 122 valence electrons. The zero-order valence-corrected chi connectivity index (χ0v) is 17.2. The van der Waals surface area contributed by atoms with Crippen molar-refractivity contribution in [1.82, 2.24) is 0 Å². The van der Waals surface area contributed by atoms with Crippen molar-refractivity contribution < 1.29 is 0 Å². The van der Waals surface area contributed by atoms with Crippen LogP contribution in [0, 0.1) is 41.5 Å². The molecule has 0 amide bonds. The molecule has 0 nitrogen and oxygen atoms in total. The van der Waals surface area contributed by atoms with Crippen LogP contribution in [0.1, 0.15) is 51.5 Å². The summed E-state index contributed by atoms with van der Waals surface area (Å²) >= 11 is 5.81. The van der Waals surface area contributed by atoms with Crippen molar-refractivity contribution in [2.24, 2.45) is 0 Å². The van der Waals surface area contributed by atoms with Crippen molar-refractivity contribution in [3.05, 3.63) is 63.6 Å². The van der Waals surface area contributed by atoms with Gasteiger partial charge in [0.05, 0.1) is 0 Å². The molecule has 3 heterocycles. The topological polar surface area (TPSA) is 0 Å². The molecule has 0 spiro atoms. The van der Waals surface area contributed by atoms with E-state index in [1.54, 1.807) is 11.1 Å². The number of aryl methyl sites for hydroxylation is 6. The van der Waals surface area contributed by atoms with Crippen molar-refractivity contribution in [3.63, 3.8) is 0 Å². The first-order valence-corrected chi connectivity index (χ1v) is 10.5. The summed E-state index contributed by atoms with van der Waals surface area (Å²) in [5, 5.41) is 0. The predicted molar refractivity (Wildman–Crippen MR) is 107 cm³/mol. The van der Waals surface area contributed by atoms with Crippen LogP contribution in [-0.4, -0.2) is 0 Å². The van der Waals surface area contributed by atoms with Crippen LogP contribution in [0.4, 0.5) is 0 Å². The van der Waals surface area contributed by atoms with Gasteiger partial charge in [-0.3, -0.25) is 0 Å². The van der Waals surface area contributed by atoms with Gasteiger partial charge in [-0.2, -0.15) is 0 Å². The Labute approximate surface area is 151 Å². The van der Waals surface area contributed by atoms with Gasteiger partial charge in [0.15, 0.2) is 0 Å². The molecule has 3 aromatic rings. The molecule has 0 saturated carbocycles. The Bertz CT molecular complexity index is 774. The van der Waals surface area contributed by atoms with E-state index in [1.807, 2.05) is 34.0 Å². The molecule has 3 heteroatoms. The highest BCUT2D eigenvalue weighted by Gasteiger charge is 2.17. The maximum absolute atomic E-state index is 2.37. The van der Waals surface area contributed by atoms with Gasteiger partial charge in [-0.25, -0.2) is 0 Å². The number of hydrogen-bond acceptors (Lipinski definition) is 3. The standard InChI is InChI=1S/C20H24S3/c1-11-7-17(13(3)21-11)9-19-15(5)23-16(6)20(19)10-18-8-12(2)22-14(18)4/h7-8H,9-10H2,1-6H3. The highest BCUT2D eigenvalue weighted by molar-refractivity contribution is 7.12. The molecule has 0 N–H and O–H groups in total. The average molecular weight is 361 g/mol. The van der Waals surface area contributed by atoms with Crippen molar-refractivity contribution in [2.75, 3.05) is 0 Å². The molecule has 0 fully saturated rings. The van der Waals surface area contributed by atoms with E-state index in [9.17, 15) is 0 Å². The fourth-order valence-corrected chi connectivity index (χ4v) is 6.33. The lowest BCUT2D eigenvalue weighted by atomic mass is 9.96. The molecule has 0 atom stereocenters. The molecule has 0 saturated heterocycles. The second-order valence-electron chi connectivity index (χ2n) is 6.40. The van der Waals surface area contributed by atoms with E-state index < -0.39 is 0 Å². The van der Waals surface area contributed by atoms with Crippen molar-refractivity contribution in [3.8, 4) is 0 Å². The van der Waals surface area contributed by atoms with E-state index >= 15 is 0 Å². The van der Waals surface area contributed by atoms with Gasteiger partial charge < -0.3 is 0 Å². The fraction of sp³-hybridized carbons (Fsp3) is 0.400. The van der Waals surface area contributed by atoms with Crippen LogP contribution in [0.3, 0.4) is 0 Å². The number of hydrogen-bond donors (Lipinski definition) is 0. The Morgan fingerprint density at radius 2 is 0.957 bits per heavy atom. The molecule has 0 aliphatic carbocycles. The Hall–Kier alpha value is -0.900. The first-order valence-electron chi connectivity index (χ1n) is 8.04. The van der Waals surface area contributed by atoms with Crippen LogP contribution in [0.2, 0.25) is 0 Å². The smallest absolute Gasteiger partial charge is 0.00553 e. The summed E-state index contributed by atoms with van der Waals surface area (Å²) in [5.74, 6) is 0. The summed E-state index contributed by atoms with van der Waals surface area (Å²) in [6.45, 7) is 13.5. The monoisotopic (exact) mass is 360 g/mol. The van der Waals surface area contributed by atoms with Crippen molar-refractivity contribution >= 4 is 34.0 Å². The van der Waals surface area contributed by atoms with Crippen LogP contribution < -0.4 is 0 Å². The maximum Gasteiger partial charge on any atom is 0.00553 e. The molecular formula is C20H24S3. The van der Waals surface area contributed by atoms with Crippen LogP contribution in [0.15, 0.2) is 12.1 Å². The molecule has 0 aliphatic heterocycles. The summed E-state index contributed by atoms with van der Waals surface area (Å²) in [6.07, 6.45) is 2.17. The third-order valence-corrected chi connectivity index (χ3v) is 7.66. The van der Waals surface area contributed by atoms with Gasteiger partial charge in [-0.15, -0.1) is 34.0 Å². The van der Waals surface area contributed by atoms with E-state index in [2.05, 4.69) is 53.7 Å². The van der Waals surface area contributed by atoms with Crippen LogP contribution in [-0.2, 0) is 12.8 Å². The molecule has 3 aromatic heterocycles. The molecular weight excluding hydrogens is 336 g/mol. The quantitative estimate of drug-likeness (QED) is 0.474. The predicted octanol–water partition coefficient (Wildman–Crippen LogP) is 6.90. The maximum atomic E-state index is 2.37. The molecule has 0 radical (unpaired) electrons. The minimum atomic E-state index is 1.09. The SMILES string of the molecule is Cc1cc(Cc2c(C)sc(C)c2Cc2cc(C)sc2C)c(C)s1. The first-order chi connectivity index (χ1) is 10.8. The molecule has 0 unspecified atom stereocenters. The average Bonchev–Trinajstić information content (AvgIpc) is 3.02. The fourth-order valence-electron chi connectivity index (χ4n) is 3.34. The second kappa shape index (κ2) is 6.54. The Morgan fingerprint density at radius 3 is 1.26 bits per heavy atom. The van der Waals surface area contributed by atoms with Gasteiger partial charge in [0.25, 0.3) is 0 Å². The lowest BCUT2D eigenvalue weighted by Crippen LogP contribution is -1.97. The number of thiophene rings is 3. The van der Waals surface area contributed by atoms with Gasteiger partial charge >= 0.3 is 0 Å². The summed E-state index contributed by atoms with van der Waals surface area (Å²) in [6, 6.07) is 4.74. The highest BCUT2D eigenvalue weighted by atomic mass is 32.1. The van der Waals surface area contributed by atoms with Gasteiger partial charge in [0.1, 0.15) is 0 Å². The molecule has 0 aliphatic rings. The van der Waals surface area contributed by atoms with Crippen LogP contribution >= 0.6 is 34.0 Å². The Morgan fingerprint density at radius 1 is 0.565 bits per heavy atom. The van der Waals surface area contributed by atoms with Gasteiger partial charge in [-0.05, 0) is 88.8 Å². The Balaban J connectivity index is 1.97. The van der Waals surface area contributed by atoms with Crippen molar-refractivity contribution in [2.45, 2.75) is 54.4 Å². The molecule has 0 aromatic carbocycles. The van der Waals surface area contributed by atoms with Crippen LogP contribution in [0.5, 0.6) is 0 Å².